The summed E-state index contributed by atoms with van der Waals surface area (Å²) in [5.41, 5.74) is 9.02. The van der Waals surface area contributed by atoms with Crippen LogP contribution in [-0.4, -0.2) is 13.7 Å². The van der Waals surface area contributed by atoms with Crippen molar-refractivity contribution in [1.29, 1.82) is 0 Å². The van der Waals surface area contributed by atoms with E-state index in [0.29, 0.717) is 0 Å². The van der Waals surface area contributed by atoms with Crippen molar-refractivity contribution in [3.05, 3.63) is 17.7 Å². The van der Waals surface area contributed by atoms with Crippen molar-refractivity contribution in [3.63, 3.8) is 0 Å². The third-order valence-corrected chi connectivity index (χ3v) is 2.38. The van der Waals surface area contributed by atoms with Crippen LogP contribution in [0, 0.1) is 0 Å². The zero-order valence-electron chi connectivity index (χ0n) is 7.76. The van der Waals surface area contributed by atoms with Gasteiger partial charge in [0, 0.05) is 12.6 Å². The molecule has 1 aliphatic heterocycles. The Kier molecular flexibility index (Phi) is 2.00. The molecule has 0 aliphatic carbocycles. The number of aryl methyl sites for hydroxylation is 1. The average Bonchev–Trinajstić information content (AvgIpc) is 2.18. The van der Waals surface area contributed by atoms with E-state index in [1.165, 1.54) is 12.0 Å². The van der Waals surface area contributed by atoms with Crippen molar-refractivity contribution in [2.24, 2.45) is 0 Å². The number of nitrogen functional groups attached to an aromatic ring is 1. The highest BCUT2D eigenvalue weighted by molar-refractivity contribution is 5.73. The lowest BCUT2D eigenvalue weighted by molar-refractivity contribution is 0.414. The van der Waals surface area contributed by atoms with Crippen molar-refractivity contribution in [1.82, 2.24) is 0 Å². The zero-order chi connectivity index (χ0) is 9.26. The number of hydrogen-bond donors (Lipinski definition) is 2. The number of rotatable bonds is 1. The summed E-state index contributed by atoms with van der Waals surface area (Å²) in [5, 5.41) is 3.30. The lowest BCUT2D eigenvalue weighted by atomic mass is 10.0. The van der Waals surface area contributed by atoms with E-state index in [9.17, 15) is 0 Å². The highest BCUT2D eigenvalue weighted by Crippen LogP contribution is 2.32. The van der Waals surface area contributed by atoms with Crippen molar-refractivity contribution >= 4 is 11.4 Å². The third-order valence-electron chi connectivity index (χ3n) is 2.38. The quantitative estimate of drug-likeness (QED) is 0.642. The number of methoxy groups -OCH3 is 1. The molecular formula is C10H14N2O. The number of nitrogens with one attached hydrogen (secondary N) is 1. The predicted molar refractivity (Wildman–Crippen MR) is 54.2 cm³/mol. The molecule has 1 heterocycles. The molecule has 0 unspecified atom stereocenters. The van der Waals surface area contributed by atoms with Gasteiger partial charge in [-0.1, -0.05) is 0 Å². The molecule has 0 amide bonds. The molecule has 3 N–H and O–H groups in total. The Morgan fingerprint density at radius 3 is 3.08 bits per heavy atom. The molecule has 1 aromatic carbocycles. The molecule has 0 saturated carbocycles. The maximum Gasteiger partial charge on any atom is 0.121 e. The highest BCUT2D eigenvalue weighted by atomic mass is 16.5. The number of nitrogens with two attached hydrogens (primary N) is 1. The van der Waals surface area contributed by atoms with Gasteiger partial charge in [0.15, 0.2) is 0 Å². The smallest absolute Gasteiger partial charge is 0.121 e. The summed E-state index contributed by atoms with van der Waals surface area (Å²) in [6.45, 7) is 1.02. The van der Waals surface area contributed by atoms with E-state index in [1.807, 2.05) is 6.07 Å². The Balaban J connectivity index is 2.47. The second-order valence-electron chi connectivity index (χ2n) is 3.28. The van der Waals surface area contributed by atoms with Crippen LogP contribution < -0.4 is 15.8 Å². The lowest BCUT2D eigenvalue weighted by Gasteiger charge is -2.20. The van der Waals surface area contributed by atoms with Gasteiger partial charge >= 0.3 is 0 Å². The molecule has 70 valence electrons. The van der Waals surface area contributed by atoms with Crippen LogP contribution in [0.2, 0.25) is 0 Å². The van der Waals surface area contributed by atoms with Crippen molar-refractivity contribution < 1.29 is 4.74 Å². The van der Waals surface area contributed by atoms with E-state index in [1.54, 1.807) is 7.11 Å². The summed E-state index contributed by atoms with van der Waals surface area (Å²) in [4.78, 5) is 0. The van der Waals surface area contributed by atoms with E-state index in [4.69, 9.17) is 10.5 Å². The van der Waals surface area contributed by atoms with E-state index >= 15 is 0 Å². The molecule has 0 saturated heterocycles. The van der Waals surface area contributed by atoms with E-state index in [2.05, 4.69) is 11.4 Å². The Morgan fingerprint density at radius 2 is 2.31 bits per heavy atom. The topological polar surface area (TPSA) is 47.3 Å². The zero-order valence-corrected chi connectivity index (χ0v) is 7.76. The number of fused-ring (bicyclic) bond motifs is 1. The van der Waals surface area contributed by atoms with E-state index in [0.717, 1.165) is 30.1 Å². The second-order valence-corrected chi connectivity index (χ2v) is 3.28. The van der Waals surface area contributed by atoms with Crippen LogP contribution in [0.15, 0.2) is 12.1 Å². The van der Waals surface area contributed by atoms with Gasteiger partial charge < -0.3 is 15.8 Å². The minimum atomic E-state index is 0.786. The Hall–Kier alpha value is -1.38. The molecule has 0 radical (unpaired) electrons. The summed E-state index contributed by atoms with van der Waals surface area (Å²) >= 11 is 0. The van der Waals surface area contributed by atoms with Crippen LogP contribution in [0.5, 0.6) is 5.75 Å². The summed E-state index contributed by atoms with van der Waals surface area (Å²) in [5.74, 6) is 0.847. The van der Waals surface area contributed by atoms with Gasteiger partial charge in [0.2, 0.25) is 0 Å². The molecule has 0 aromatic heterocycles. The van der Waals surface area contributed by atoms with Crippen LogP contribution in [0.4, 0.5) is 11.4 Å². The van der Waals surface area contributed by atoms with Crippen LogP contribution in [0.25, 0.3) is 0 Å². The maximum atomic E-state index is 5.88. The first-order chi connectivity index (χ1) is 6.31. The van der Waals surface area contributed by atoms with Crippen LogP contribution in [-0.2, 0) is 6.42 Å². The first kappa shape index (κ1) is 8.23. The number of benzene rings is 1. The van der Waals surface area contributed by atoms with E-state index in [-0.39, 0.29) is 0 Å². The van der Waals surface area contributed by atoms with Crippen LogP contribution in [0.1, 0.15) is 12.0 Å². The van der Waals surface area contributed by atoms with Gasteiger partial charge in [-0.15, -0.1) is 0 Å². The van der Waals surface area contributed by atoms with Crippen LogP contribution in [0.3, 0.4) is 0 Å². The molecule has 0 fully saturated rings. The molecule has 3 heteroatoms. The standard InChI is InChI=1S/C10H14N2O/c1-13-8-5-7-3-2-4-12-10(7)9(11)6-8/h5-6,12H,2-4,11H2,1H3. The molecule has 0 bridgehead atoms. The normalized spacial score (nSPS) is 14.5. The van der Waals surface area contributed by atoms with Gasteiger partial charge in [-0.2, -0.15) is 0 Å². The van der Waals surface area contributed by atoms with Crippen molar-refractivity contribution in [2.45, 2.75) is 12.8 Å². The van der Waals surface area contributed by atoms with Gasteiger partial charge in [0.25, 0.3) is 0 Å². The summed E-state index contributed by atoms with van der Waals surface area (Å²) in [6, 6.07) is 3.91. The molecule has 0 atom stereocenters. The van der Waals surface area contributed by atoms with Crippen molar-refractivity contribution in [2.75, 3.05) is 24.7 Å². The van der Waals surface area contributed by atoms with Gasteiger partial charge in [-0.05, 0) is 24.5 Å². The van der Waals surface area contributed by atoms with Gasteiger partial charge in [0.05, 0.1) is 18.5 Å². The summed E-state index contributed by atoms with van der Waals surface area (Å²) < 4.78 is 5.15. The first-order valence-electron chi connectivity index (χ1n) is 4.51. The molecule has 1 aliphatic rings. The molecule has 13 heavy (non-hydrogen) atoms. The number of anilines is 2. The fourth-order valence-corrected chi connectivity index (χ4v) is 1.72. The Morgan fingerprint density at radius 1 is 1.46 bits per heavy atom. The highest BCUT2D eigenvalue weighted by Gasteiger charge is 2.12. The number of hydrogen-bond acceptors (Lipinski definition) is 3. The van der Waals surface area contributed by atoms with Gasteiger partial charge in [-0.25, -0.2) is 0 Å². The summed E-state index contributed by atoms with van der Waals surface area (Å²) in [7, 11) is 1.66. The minimum absolute atomic E-state index is 0.786. The molecule has 1 aromatic rings. The fourth-order valence-electron chi connectivity index (χ4n) is 1.72. The van der Waals surface area contributed by atoms with Crippen molar-refractivity contribution in [3.8, 4) is 5.75 Å². The Bertz CT molecular complexity index is 323. The largest absolute Gasteiger partial charge is 0.497 e. The third kappa shape index (κ3) is 1.41. The first-order valence-corrected chi connectivity index (χ1v) is 4.51. The molecule has 3 nitrogen and oxygen atoms in total. The monoisotopic (exact) mass is 178 g/mol. The molecule has 2 rings (SSSR count). The lowest BCUT2D eigenvalue weighted by Crippen LogP contribution is -2.13. The minimum Gasteiger partial charge on any atom is -0.497 e. The van der Waals surface area contributed by atoms with Gasteiger partial charge in [0.1, 0.15) is 5.75 Å². The summed E-state index contributed by atoms with van der Waals surface area (Å²) in [6.07, 6.45) is 2.25. The molecule has 0 spiro atoms. The predicted octanol–water partition coefficient (Wildman–Crippen LogP) is 1.64. The fraction of sp³-hybridized carbons (Fsp3) is 0.400. The Labute approximate surface area is 77.9 Å². The maximum absolute atomic E-state index is 5.88. The van der Waals surface area contributed by atoms with Gasteiger partial charge in [-0.3, -0.25) is 0 Å². The number of ether oxygens (including phenoxy) is 1. The SMILES string of the molecule is COc1cc(N)c2c(c1)CCCN2. The van der Waals surface area contributed by atoms with E-state index < -0.39 is 0 Å². The molecular weight excluding hydrogens is 164 g/mol. The average molecular weight is 178 g/mol. The van der Waals surface area contributed by atoms with Crippen LogP contribution >= 0.6 is 0 Å². The second kappa shape index (κ2) is 3.17.